The van der Waals surface area contributed by atoms with Crippen molar-refractivity contribution in [1.29, 1.82) is 0 Å². The van der Waals surface area contributed by atoms with Gasteiger partial charge in [-0.15, -0.1) is 0 Å². The number of ketones is 1. The SMILES string of the molecule is COc1cc(C)c(C(=O)CCc2ccc(N)cc2)cc1C. The van der Waals surface area contributed by atoms with Crippen LogP contribution in [-0.2, 0) is 6.42 Å². The fourth-order valence-corrected chi connectivity index (χ4v) is 2.39. The summed E-state index contributed by atoms with van der Waals surface area (Å²) in [5, 5.41) is 0. The third-order valence-electron chi connectivity index (χ3n) is 3.66. The lowest BCUT2D eigenvalue weighted by molar-refractivity contribution is 0.0982. The molecule has 0 saturated heterocycles. The summed E-state index contributed by atoms with van der Waals surface area (Å²) in [5.74, 6) is 0.984. The van der Waals surface area contributed by atoms with Gasteiger partial charge in [0.25, 0.3) is 0 Å². The predicted octanol–water partition coefficient (Wildman–Crippen LogP) is 3.71. The molecule has 0 fully saturated rings. The van der Waals surface area contributed by atoms with Crippen LogP contribution >= 0.6 is 0 Å². The van der Waals surface area contributed by atoms with Gasteiger partial charge in [0.05, 0.1) is 7.11 Å². The Bertz CT molecular complexity index is 645. The summed E-state index contributed by atoms with van der Waals surface area (Å²) >= 11 is 0. The molecule has 0 saturated carbocycles. The van der Waals surface area contributed by atoms with Crippen molar-refractivity contribution in [2.75, 3.05) is 12.8 Å². The first kappa shape index (κ1) is 15.1. The third kappa shape index (κ3) is 3.63. The first-order valence-electron chi connectivity index (χ1n) is 7.04. The third-order valence-corrected chi connectivity index (χ3v) is 3.66. The lowest BCUT2D eigenvalue weighted by atomic mass is 9.97. The van der Waals surface area contributed by atoms with Crippen molar-refractivity contribution in [3.63, 3.8) is 0 Å². The largest absolute Gasteiger partial charge is 0.496 e. The number of hydrogen-bond donors (Lipinski definition) is 1. The van der Waals surface area contributed by atoms with E-state index < -0.39 is 0 Å². The van der Waals surface area contributed by atoms with E-state index in [-0.39, 0.29) is 5.78 Å². The molecular weight excluding hydrogens is 262 g/mol. The highest BCUT2D eigenvalue weighted by atomic mass is 16.5. The Kier molecular flexibility index (Phi) is 4.63. The van der Waals surface area contributed by atoms with E-state index in [1.165, 1.54) is 0 Å². The van der Waals surface area contributed by atoms with Crippen molar-refractivity contribution < 1.29 is 9.53 Å². The Morgan fingerprint density at radius 1 is 1.10 bits per heavy atom. The number of anilines is 1. The minimum absolute atomic E-state index is 0.162. The van der Waals surface area contributed by atoms with Crippen molar-refractivity contribution >= 4 is 11.5 Å². The molecule has 21 heavy (non-hydrogen) atoms. The van der Waals surface area contributed by atoms with E-state index in [9.17, 15) is 4.79 Å². The molecular formula is C18H21NO2. The second kappa shape index (κ2) is 6.44. The van der Waals surface area contributed by atoms with E-state index in [1.807, 2.05) is 50.2 Å². The van der Waals surface area contributed by atoms with Gasteiger partial charge in [0.15, 0.2) is 5.78 Å². The number of aryl methyl sites for hydroxylation is 3. The van der Waals surface area contributed by atoms with Crippen LogP contribution in [0.3, 0.4) is 0 Å². The summed E-state index contributed by atoms with van der Waals surface area (Å²) in [5.41, 5.74) is 10.3. The second-order valence-corrected chi connectivity index (χ2v) is 5.30. The molecule has 0 radical (unpaired) electrons. The lowest BCUT2D eigenvalue weighted by Gasteiger charge is -2.10. The summed E-state index contributed by atoms with van der Waals surface area (Å²) in [7, 11) is 1.64. The minimum atomic E-state index is 0.162. The normalized spacial score (nSPS) is 10.4. The van der Waals surface area contributed by atoms with Crippen molar-refractivity contribution in [3.8, 4) is 5.75 Å². The molecule has 2 N–H and O–H groups in total. The number of ether oxygens (including phenoxy) is 1. The van der Waals surface area contributed by atoms with Gasteiger partial charge in [-0.2, -0.15) is 0 Å². The van der Waals surface area contributed by atoms with E-state index in [2.05, 4.69) is 0 Å². The van der Waals surface area contributed by atoms with Crippen molar-refractivity contribution in [1.82, 2.24) is 0 Å². The molecule has 0 bridgehead atoms. The number of Topliss-reactive ketones (excluding diaryl/α,β-unsaturated/α-hetero) is 1. The maximum atomic E-state index is 12.4. The summed E-state index contributed by atoms with van der Waals surface area (Å²) in [4.78, 5) is 12.4. The number of nitrogen functional groups attached to an aromatic ring is 1. The van der Waals surface area contributed by atoms with Gasteiger partial charge in [-0.05, 0) is 61.2 Å². The predicted molar refractivity (Wildman–Crippen MR) is 86.0 cm³/mol. The molecule has 110 valence electrons. The quantitative estimate of drug-likeness (QED) is 0.672. The standard InChI is InChI=1S/C18H21NO2/c1-12-11-18(21-3)13(2)10-16(12)17(20)9-6-14-4-7-15(19)8-5-14/h4-5,7-8,10-11H,6,9,19H2,1-3H3. The fraction of sp³-hybridized carbons (Fsp3) is 0.278. The average Bonchev–Trinajstić information content (AvgIpc) is 2.48. The lowest BCUT2D eigenvalue weighted by Crippen LogP contribution is -2.05. The number of carbonyl (C=O) groups is 1. The van der Waals surface area contributed by atoms with Crippen LogP contribution in [0, 0.1) is 13.8 Å². The van der Waals surface area contributed by atoms with Gasteiger partial charge in [0.2, 0.25) is 0 Å². The molecule has 3 heteroatoms. The monoisotopic (exact) mass is 283 g/mol. The van der Waals surface area contributed by atoms with Crippen molar-refractivity contribution in [2.24, 2.45) is 0 Å². The van der Waals surface area contributed by atoms with Gasteiger partial charge in [0.1, 0.15) is 5.75 Å². The molecule has 0 aliphatic carbocycles. The zero-order valence-corrected chi connectivity index (χ0v) is 12.8. The smallest absolute Gasteiger partial charge is 0.163 e. The van der Waals surface area contributed by atoms with Crippen molar-refractivity contribution in [3.05, 3.63) is 58.7 Å². The van der Waals surface area contributed by atoms with Crippen LogP contribution in [0.15, 0.2) is 36.4 Å². The Morgan fingerprint density at radius 3 is 2.38 bits per heavy atom. The Hall–Kier alpha value is -2.29. The van der Waals surface area contributed by atoms with Gasteiger partial charge >= 0.3 is 0 Å². The van der Waals surface area contributed by atoms with Crippen LogP contribution in [0.4, 0.5) is 5.69 Å². The number of benzene rings is 2. The molecule has 0 aliphatic heterocycles. The van der Waals surface area contributed by atoms with Crippen LogP contribution in [0.2, 0.25) is 0 Å². The summed E-state index contributed by atoms with van der Waals surface area (Å²) in [6, 6.07) is 11.5. The highest BCUT2D eigenvalue weighted by molar-refractivity contribution is 5.98. The maximum Gasteiger partial charge on any atom is 0.163 e. The molecule has 0 unspecified atom stereocenters. The maximum absolute atomic E-state index is 12.4. The molecule has 2 rings (SSSR count). The van der Waals surface area contributed by atoms with Crippen LogP contribution in [0.25, 0.3) is 0 Å². The first-order valence-corrected chi connectivity index (χ1v) is 7.04. The first-order chi connectivity index (χ1) is 10.0. The highest BCUT2D eigenvalue weighted by Gasteiger charge is 2.12. The summed E-state index contributed by atoms with van der Waals surface area (Å²) in [6.07, 6.45) is 1.22. The Morgan fingerprint density at radius 2 is 1.76 bits per heavy atom. The van der Waals surface area contributed by atoms with Gasteiger partial charge in [0, 0.05) is 17.7 Å². The van der Waals surface area contributed by atoms with E-state index in [0.717, 1.165) is 40.1 Å². The summed E-state index contributed by atoms with van der Waals surface area (Å²) < 4.78 is 5.28. The van der Waals surface area contributed by atoms with E-state index in [1.54, 1.807) is 7.11 Å². The molecule has 0 atom stereocenters. The molecule has 3 nitrogen and oxygen atoms in total. The average molecular weight is 283 g/mol. The molecule has 0 heterocycles. The molecule has 0 amide bonds. The minimum Gasteiger partial charge on any atom is -0.496 e. The highest BCUT2D eigenvalue weighted by Crippen LogP contribution is 2.23. The zero-order valence-electron chi connectivity index (χ0n) is 12.8. The van der Waals surface area contributed by atoms with E-state index in [4.69, 9.17) is 10.5 Å². The van der Waals surface area contributed by atoms with Gasteiger partial charge in [-0.1, -0.05) is 12.1 Å². The van der Waals surface area contributed by atoms with E-state index in [0.29, 0.717) is 6.42 Å². The summed E-state index contributed by atoms with van der Waals surface area (Å²) in [6.45, 7) is 3.90. The number of carbonyl (C=O) groups excluding carboxylic acids is 1. The fourth-order valence-electron chi connectivity index (χ4n) is 2.39. The topological polar surface area (TPSA) is 52.3 Å². The van der Waals surface area contributed by atoms with Gasteiger partial charge in [-0.3, -0.25) is 4.79 Å². The number of rotatable bonds is 5. The Labute approximate surface area is 125 Å². The van der Waals surface area contributed by atoms with Crippen LogP contribution in [0.5, 0.6) is 5.75 Å². The number of nitrogens with two attached hydrogens (primary N) is 1. The molecule has 2 aromatic carbocycles. The zero-order chi connectivity index (χ0) is 15.4. The van der Waals surface area contributed by atoms with Crippen molar-refractivity contribution in [2.45, 2.75) is 26.7 Å². The van der Waals surface area contributed by atoms with Gasteiger partial charge < -0.3 is 10.5 Å². The molecule has 0 aliphatic rings. The number of methoxy groups -OCH3 is 1. The molecule has 0 spiro atoms. The van der Waals surface area contributed by atoms with Crippen LogP contribution < -0.4 is 10.5 Å². The van der Waals surface area contributed by atoms with Crippen LogP contribution in [0.1, 0.15) is 33.5 Å². The van der Waals surface area contributed by atoms with Gasteiger partial charge in [-0.25, -0.2) is 0 Å². The Balaban J connectivity index is 2.10. The van der Waals surface area contributed by atoms with Crippen LogP contribution in [-0.4, -0.2) is 12.9 Å². The molecule has 2 aromatic rings. The van der Waals surface area contributed by atoms with E-state index >= 15 is 0 Å². The number of hydrogen-bond acceptors (Lipinski definition) is 3. The molecule has 0 aromatic heterocycles. The second-order valence-electron chi connectivity index (χ2n) is 5.30.